The summed E-state index contributed by atoms with van der Waals surface area (Å²) < 4.78 is 6.17. The van der Waals surface area contributed by atoms with E-state index >= 15 is 0 Å². The van der Waals surface area contributed by atoms with Gasteiger partial charge in [-0.2, -0.15) is 0 Å². The molecule has 4 rings (SSSR count). The molecule has 0 saturated heterocycles. The Morgan fingerprint density at radius 2 is 2.20 bits per heavy atom. The number of aromatic nitrogens is 1. The smallest absolute Gasteiger partial charge is 0.131 e. The Hall–Kier alpha value is -1.77. The van der Waals surface area contributed by atoms with E-state index in [-0.39, 0.29) is 6.10 Å². The molecule has 3 heteroatoms. The molecule has 1 aliphatic carbocycles. The van der Waals surface area contributed by atoms with Gasteiger partial charge >= 0.3 is 0 Å². The van der Waals surface area contributed by atoms with Gasteiger partial charge in [0.15, 0.2) is 0 Å². The molecule has 2 heterocycles. The standard InChI is InChI=1S/C17H20N2O/c1-2-11-10-18-17-12-6-3-4-7-13(12)19-14-8-5-9-15(20-11)16(14)17/h5,8-9,11,18H,2-4,6-7,10H2,1H3. The van der Waals surface area contributed by atoms with E-state index in [1.165, 1.54) is 35.2 Å². The van der Waals surface area contributed by atoms with Gasteiger partial charge in [0.1, 0.15) is 11.9 Å². The number of fused-ring (bicyclic) bond motifs is 2. The summed E-state index contributed by atoms with van der Waals surface area (Å²) >= 11 is 0. The van der Waals surface area contributed by atoms with Gasteiger partial charge in [-0.05, 0) is 49.8 Å². The molecule has 1 aromatic heterocycles. The monoisotopic (exact) mass is 268 g/mol. The van der Waals surface area contributed by atoms with E-state index in [0.717, 1.165) is 37.1 Å². The highest BCUT2D eigenvalue weighted by Gasteiger charge is 2.24. The maximum absolute atomic E-state index is 6.17. The van der Waals surface area contributed by atoms with Crippen LogP contribution in [0.2, 0.25) is 0 Å². The molecule has 0 amide bonds. The minimum absolute atomic E-state index is 0.243. The first-order chi connectivity index (χ1) is 9.86. The third-order valence-corrected chi connectivity index (χ3v) is 4.51. The first kappa shape index (κ1) is 12.0. The van der Waals surface area contributed by atoms with Crippen molar-refractivity contribution in [2.45, 2.75) is 45.1 Å². The van der Waals surface area contributed by atoms with Gasteiger partial charge in [-0.3, -0.25) is 4.98 Å². The lowest BCUT2D eigenvalue weighted by atomic mass is 9.92. The van der Waals surface area contributed by atoms with Crippen molar-refractivity contribution in [1.82, 2.24) is 4.98 Å². The SMILES string of the molecule is CCC1CNc2c3c(nc4cccc(c24)O1)CCCC3. The summed E-state index contributed by atoms with van der Waals surface area (Å²) in [6, 6.07) is 6.24. The van der Waals surface area contributed by atoms with Crippen LogP contribution in [0.15, 0.2) is 18.2 Å². The van der Waals surface area contributed by atoms with E-state index in [0.29, 0.717) is 0 Å². The molecule has 0 spiro atoms. The van der Waals surface area contributed by atoms with Crippen molar-refractivity contribution in [3.63, 3.8) is 0 Å². The Morgan fingerprint density at radius 1 is 1.30 bits per heavy atom. The molecule has 104 valence electrons. The summed E-state index contributed by atoms with van der Waals surface area (Å²) in [5.41, 5.74) is 5.08. The molecule has 1 unspecified atom stereocenters. The Bertz CT molecular complexity index is 666. The molecule has 1 aromatic carbocycles. The molecule has 0 fully saturated rings. The van der Waals surface area contributed by atoms with E-state index in [1.807, 2.05) is 0 Å². The summed E-state index contributed by atoms with van der Waals surface area (Å²) in [4.78, 5) is 4.89. The van der Waals surface area contributed by atoms with Gasteiger partial charge in [0.05, 0.1) is 23.1 Å². The van der Waals surface area contributed by atoms with Gasteiger partial charge in [0.2, 0.25) is 0 Å². The van der Waals surface area contributed by atoms with E-state index < -0.39 is 0 Å². The second-order valence-electron chi connectivity index (χ2n) is 5.80. The lowest BCUT2D eigenvalue weighted by molar-refractivity contribution is 0.215. The summed E-state index contributed by atoms with van der Waals surface area (Å²) in [6.07, 6.45) is 6.06. The fourth-order valence-corrected chi connectivity index (χ4v) is 3.40. The van der Waals surface area contributed by atoms with Gasteiger partial charge in [-0.15, -0.1) is 0 Å². The predicted octanol–water partition coefficient (Wildman–Crippen LogP) is 3.70. The van der Waals surface area contributed by atoms with Crippen LogP contribution in [0.1, 0.15) is 37.4 Å². The van der Waals surface area contributed by atoms with E-state index in [1.54, 1.807) is 0 Å². The van der Waals surface area contributed by atoms with E-state index in [4.69, 9.17) is 9.72 Å². The van der Waals surface area contributed by atoms with E-state index in [2.05, 4.69) is 30.4 Å². The van der Waals surface area contributed by atoms with Crippen LogP contribution in [0.4, 0.5) is 5.69 Å². The fraction of sp³-hybridized carbons (Fsp3) is 0.471. The van der Waals surface area contributed by atoms with Crippen molar-refractivity contribution in [3.05, 3.63) is 29.5 Å². The number of ether oxygens (including phenoxy) is 1. The zero-order valence-electron chi connectivity index (χ0n) is 11.9. The highest BCUT2D eigenvalue weighted by atomic mass is 16.5. The molecule has 0 radical (unpaired) electrons. The Kier molecular flexibility index (Phi) is 2.79. The summed E-state index contributed by atoms with van der Waals surface area (Å²) in [5.74, 6) is 0.996. The number of hydrogen-bond acceptors (Lipinski definition) is 3. The third-order valence-electron chi connectivity index (χ3n) is 4.51. The molecule has 20 heavy (non-hydrogen) atoms. The van der Waals surface area contributed by atoms with Crippen molar-refractivity contribution >= 4 is 16.6 Å². The number of nitrogens with zero attached hydrogens (tertiary/aromatic N) is 1. The van der Waals surface area contributed by atoms with Crippen LogP contribution in [-0.2, 0) is 12.8 Å². The van der Waals surface area contributed by atoms with Gasteiger partial charge < -0.3 is 10.1 Å². The van der Waals surface area contributed by atoms with Gasteiger partial charge in [0, 0.05) is 5.69 Å². The third kappa shape index (κ3) is 1.76. The molecule has 0 saturated carbocycles. The fourth-order valence-electron chi connectivity index (χ4n) is 3.40. The predicted molar refractivity (Wildman–Crippen MR) is 81.6 cm³/mol. The van der Waals surface area contributed by atoms with Gasteiger partial charge in [-0.1, -0.05) is 13.0 Å². The quantitative estimate of drug-likeness (QED) is 0.856. The van der Waals surface area contributed by atoms with Crippen molar-refractivity contribution in [2.24, 2.45) is 0 Å². The first-order valence-corrected chi connectivity index (χ1v) is 7.72. The lowest BCUT2D eigenvalue weighted by Gasteiger charge is -2.20. The van der Waals surface area contributed by atoms with Crippen molar-refractivity contribution < 1.29 is 4.74 Å². The van der Waals surface area contributed by atoms with Crippen LogP contribution in [0.3, 0.4) is 0 Å². The summed E-state index contributed by atoms with van der Waals surface area (Å²) in [5, 5.41) is 4.84. The maximum atomic E-state index is 6.17. The number of pyridine rings is 1. The Balaban J connectivity index is 1.99. The topological polar surface area (TPSA) is 34.2 Å². The van der Waals surface area contributed by atoms with Gasteiger partial charge in [-0.25, -0.2) is 0 Å². The molecule has 2 aromatic rings. The molecule has 0 bridgehead atoms. The second-order valence-corrected chi connectivity index (χ2v) is 5.80. The average molecular weight is 268 g/mol. The number of anilines is 1. The minimum Gasteiger partial charge on any atom is -0.488 e. The average Bonchev–Trinajstić information content (AvgIpc) is 2.68. The zero-order valence-corrected chi connectivity index (χ0v) is 11.9. The number of benzene rings is 1. The first-order valence-electron chi connectivity index (χ1n) is 7.72. The molecular formula is C17H20N2O. The molecule has 3 nitrogen and oxygen atoms in total. The highest BCUT2D eigenvalue weighted by Crippen LogP contribution is 2.40. The Labute approximate surface area is 119 Å². The largest absolute Gasteiger partial charge is 0.488 e. The maximum Gasteiger partial charge on any atom is 0.131 e. The van der Waals surface area contributed by atoms with Crippen LogP contribution in [0.25, 0.3) is 10.9 Å². The normalized spacial score (nSPS) is 20.8. The van der Waals surface area contributed by atoms with Crippen LogP contribution in [-0.4, -0.2) is 17.6 Å². The van der Waals surface area contributed by atoms with Crippen molar-refractivity contribution in [1.29, 1.82) is 0 Å². The zero-order chi connectivity index (χ0) is 13.5. The molecular weight excluding hydrogens is 248 g/mol. The highest BCUT2D eigenvalue weighted by molar-refractivity contribution is 5.98. The summed E-state index contributed by atoms with van der Waals surface area (Å²) in [7, 11) is 0. The molecule has 1 atom stereocenters. The Morgan fingerprint density at radius 3 is 3.10 bits per heavy atom. The molecule has 1 N–H and O–H groups in total. The van der Waals surface area contributed by atoms with Crippen LogP contribution in [0, 0.1) is 0 Å². The van der Waals surface area contributed by atoms with Gasteiger partial charge in [0.25, 0.3) is 0 Å². The van der Waals surface area contributed by atoms with E-state index in [9.17, 15) is 0 Å². The lowest BCUT2D eigenvalue weighted by Crippen LogP contribution is -2.24. The minimum atomic E-state index is 0.243. The molecule has 1 aliphatic heterocycles. The van der Waals surface area contributed by atoms with Crippen LogP contribution < -0.4 is 10.1 Å². The number of rotatable bonds is 1. The number of aryl methyl sites for hydroxylation is 1. The number of nitrogens with one attached hydrogen (secondary N) is 1. The molecule has 2 aliphatic rings. The van der Waals surface area contributed by atoms with Crippen LogP contribution >= 0.6 is 0 Å². The second kappa shape index (κ2) is 4.65. The van der Waals surface area contributed by atoms with Crippen molar-refractivity contribution in [2.75, 3.05) is 11.9 Å². The van der Waals surface area contributed by atoms with Crippen LogP contribution in [0.5, 0.6) is 5.75 Å². The van der Waals surface area contributed by atoms with Crippen molar-refractivity contribution in [3.8, 4) is 5.75 Å². The summed E-state index contributed by atoms with van der Waals surface area (Å²) in [6.45, 7) is 3.06. The number of hydrogen-bond donors (Lipinski definition) is 1.